The van der Waals surface area contributed by atoms with E-state index in [1.54, 1.807) is 0 Å². The smallest absolute Gasteiger partial charge is 0.142 e. The van der Waals surface area contributed by atoms with Crippen LogP contribution >= 0.6 is 0 Å². The molecule has 4 heteroatoms. The summed E-state index contributed by atoms with van der Waals surface area (Å²) in [4.78, 5) is 4.32. The van der Waals surface area contributed by atoms with Crippen LogP contribution < -0.4 is 16.6 Å². The van der Waals surface area contributed by atoms with E-state index in [4.69, 9.17) is 5.84 Å². The molecule has 0 aliphatic rings. The number of hydrogen-bond acceptors (Lipinski definition) is 4. The molecule has 0 spiro atoms. The minimum absolute atomic E-state index is 0.626. The summed E-state index contributed by atoms with van der Waals surface area (Å²) in [6.07, 6.45) is 0. The Morgan fingerprint density at radius 1 is 0.667 bits per heavy atom. The highest BCUT2D eigenvalue weighted by Gasteiger charge is 1.99. The Labute approximate surface area is 123 Å². The molecule has 0 aliphatic carbocycles. The third-order valence-electron chi connectivity index (χ3n) is 3.16. The Hall–Kier alpha value is -2.85. The van der Waals surface area contributed by atoms with E-state index in [1.165, 1.54) is 11.1 Å². The number of nitrogens with zero attached hydrogens (tertiary/aromatic N) is 1. The zero-order valence-electron chi connectivity index (χ0n) is 11.5. The molecule has 3 rings (SSSR count). The Kier molecular flexibility index (Phi) is 3.80. The lowest BCUT2D eigenvalue weighted by molar-refractivity contribution is 1.22. The van der Waals surface area contributed by atoms with Gasteiger partial charge >= 0.3 is 0 Å². The number of nitrogens with two attached hydrogens (primary N) is 1. The zero-order valence-corrected chi connectivity index (χ0v) is 11.5. The lowest BCUT2D eigenvalue weighted by Gasteiger charge is -2.08. The minimum Gasteiger partial charge on any atom is -0.340 e. The van der Waals surface area contributed by atoms with Crippen molar-refractivity contribution in [1.29, 1.82) is 0 Å². The topological polar surface area (TPSA) is 63.0 Å². The summed E-state index contributed by atoms with van der Waals surface area (Å²) in [5, 5.41) is 3.25. The first-order valence-electron chi connectivity index (χ1n) is 6.71. The standard InChI is InChI=1S/C17H16N4/c18-21-17-8-4-7-16(20-17)19-15-11-9-14(10-12-15)13-5-2-1-3-6-13/h1-12H,18H2,(H2,19,20,21). The molecule has 0 fully saturated rings. The quantitative estimate of drug-likeness (QED) is 0.501. The second-order valence-corrected chi connectivity index (χ2v) is 4.62. The zero-order chi connectivity index (χ0) is 14.5. The number of hydrazine groups is 1. The van der Waals surface area contributed by atoms with Gasteiger partial charge in [0, 0.05) is 5.69 Å². The van der Waals surface area contributed by atoms with Crippen molar-refractivity contribution in [3.8, 4) is 11.1 Å². The van der Waals surface area contributed by atoms with E-state index in [2.05, 4.69) is 40.0 Å². The monoisotopic (exact) mass is 276 g/mol. The fourth-order valence-corrected chi connectivity index (χ4v) is 2.11. The number of rotatable bonds is 4. The second-order valence-electron chi connectivity index (χ2n) is 4.62. The highest BCUT2D eigenvalue weighted by Crippen LogP contribution is 2.22. The van der Waals surface area contributed by atoms with Crippen LogP contribution in [0, 0.1) is 0 Å². The third-order valence-corrected chi connectivity index (χ3v) is 3.16. The van der Waals surface area contributed by atoms with Gasteiger partial charge in [-0.2, -0.15) is 0 Å². The summed E-state index contributed by atoms with van der Waals surface area (Å²) in [5.74, 6) is 6.73. The van der Waals surface area contributed by atoms with E-state index in [0.717, 1.165) is 11.5 Å². The fourth-order valence-electron chi connectivity index (χ4n) is 2.11. The number of pyridine rings is 1. The van der Waals surface area contributed by atoms with Crippen molar-refractivity contribution in [3.63, 3.8) is 0 Å². The SMILES string of the molecule is NNc1cccc(Nc2ccc(-c3ccccc3)cc2)n1. The lowest BCUT2D eigenvalue weighted by Crippen LogP contribution is -2.08. The molecule has 4 N–H and O–H groups in total. The van der Waals surface area contributed by atoms with Crippen molar-refractivity contribution in [2.45, 2.75) is 0 Å². The Morgan fingerprint density at radius 3 is 2.05 bits per heavy atom. The predicted molar refractivity (Wildman–Crippen MR) is 87.2 cm³/mol. The summed E-state index contributed by atoms with van der Waals surface area (Å²) in [5.41, 5.74) is 5.91. The molecule has 0 amide bonds. The van der Waals surface area contributed by atoms with Crippen LogP contribution in [0.5, 0.6) is 0 Å². The second kappa shape index (κ2) is 6.07. The molecule has 1 aromatic heterocycles. The lowest BCUT2D eigenvalue weighted by atomic mass is 10.1. The van der Waals surface area contributed by atoms with E-state index in [9.17, 15) is 0 Å². The maximum Gasteiger partial charge on any atom is 0.142 e. The van der Waals surface area contributed by atoms with Gasteiger partial charge < -0.3 is 10.7 Å². The van der Waals surface area contributed by atoms with E-state index in [0.29, 0.717) is 5.82 Å². The fraction of sp³-hybridized carbons (Fsp3) is 0. The summed E-state index contributed by atoms with van der Waals surface area (Å²) >= 11 is 0. The van der Waals surface area contributed by atoms with Gasteiger partial charge in [0.1, 0.15) is 11.6 Å². The molecule has 0 saturated heterocycles. The molecule has 104 valence electrons. The van der Waals surface area contributed by atoms with Crippen molar-refractivity contribution >= 4 is 17.3 Å². The largest absolute Gasteiger partial charge is 0.340 e. The first kappa shape index (κ1) is 13.1. The van der Waals surface area contributed by atoms with Gasteiger partial charge in [0.15, 0.2) is 0 Å². The third kappa shape index (κ3) is 3.19. The molecule has 0 atom stereocenters. The molecule has 0 aliphatic heterocycles. The molecule has 2 aromatic carbocycles. The molecule has 0 radical (unpaired) electrons. The van der Waals surface area contributed by atoms with Crippen molar-refractivity contribution < 1.29 is 0 Å². The first-order chi connectivity index (χ1) is 10.3. The van der Waals surface area contributed by atoms with Gasteiger partial charge in [0.2, 0.25) is 0 Å². The van der Waals surface area contributed by atoms with Gasteiger partial charge in [-0.1, -0.05) is 48.5 Å². The average Bonchev–Trinajstić information content (AvgIpc) is 2.56. The molecule has 4 nitrogen and oxygen atoms in total. The van der Waals surface area contributed by atoms with E-state index in [1.807, 2.05) is 48.5 Å². The van der Waals surface area contributed by atoms with E-state index in [-0.39, 0.29) is 0 Å². The maximum absolute atomic E-state index is 5.36. The van der Waals surface area contributed by atoms with Crippen LogP contribution in [0.2, 0.25) is 0 Å². The first-order valence-corrected chi connectivity index (χ1v) is 6.71. The van der Waals surface area contributed by atoms with Crippen LogP contribution in [0.4, 0.5) is 17.3 Å². The van der Waals surface area contributed by atoms with Crippen molar-refractivity contribution in [2.75, 3.05) is 10.7 Å². The Morgan fingerprint density at radius 2 is 1.33 bits per heavy atom. The van der Waals surface area contributed by atoms with E-state index >= 15 is 0 Å². The number of hydrogen-bond donors (Lipinski definition) is 3. The van der Waals surface area contributed by atoms with Crippen molar-refractivity contribution in [1.82, 2.24) is 4.98 Å². The summed E-state index contributed by atoms with van der Waals surface area (Å²) in [6, 6.07) is 24.1. The van der Waals surface area contributed by atoms with Crippen molar-refractivity contribution in [3.05, 3.63) is 72.8 Å². The van der Waals surface area contributed by atoms with Crippen LogP contribution in [0.25, 0.3) is 11.1 Å². The van der Waals surface area contributed by atoms with Crippen LogP contribution in [-0.4, -0.2) is 4.98 Å². The Bertz CT molecular complexity index is 708. The van der Waals surface area contributed by atoms with Crippen LogP contribution in [-0.2, 0) is 0 Å². The number of nitrogen functional groups attached to an aromatic ring is 1. The van der Waals surface area contributed by atoms with Crippen molar-refractivity contribution in [2.24, 2.45) is 5.84 Å². The molecule has 0 unspecified atom stereocenters. The summed E-state index contributed by atoms with van der Waals surface area (Å²) < 4.78 is 0. The van der Waals surface area contributed by atoms with Crippen LogP contribution in [0.3, 0.4) is 0 Å². The highest BCUT2D eigenvalue weighted by atomic mass is 15.3. The van der Waals surface area contributed by atoms with Gasteiger partial charge in [-0.05, 0) is 35.4 Å². The minimum atomic E-state index is 0.626. The van der Waals surface area contributed by atoms with Gasteiger partial charge in [0.25, 0.3) is 0 Å². The summed E-state index contributed by atoms with van der Waals surface area (Å²) in [7, 11) is 0. The normalized spacial score (nSPS) is 10.1. The van der Waals surface area contributed by atoms with E-state index < -0.39 is 0 Å². The number of benzene rings is 2. The van der Waals surface area contributed by atoms with Gasteiger partial charge in [0.05, 0.1) is 0 Å². The number of anilines is 3. The Balaban J connectivity index is 1.78. The molecule has 0 saturated carbocycles. The van der Waals surface area contributed by atoms with Gasteiger partial charge in [-0.25, -0.2) is 10.8 Å². The molecule has 1 heterocycles. The maximum atomic E-state index is 5.36. The number of nitrogens with one attached hydrogen (secondary N) is 2. The molecule has 3 aromatic rings. The van der Waals surface area contributed by atoms with Gasteiger partial charge in [-0.3, -0.25) is 0 Å². The molecule has 0 bridgehead atoms. The van der Waals surface area contributed by atoms with Gasteiger partial charge in [-0.15, -0.1) is 0 Å². The summed E-state index contributed by atoms with van der Waals surface area (Å²) in [6.45, 7) is 0. The van der Waals surface area contributed by atoms with Crippen LogP contribution in [0.1, 0.15) is 0 Å². The highest BCUT2D eigenvalue weighted by molar-refractivity contribution is 5.67. The molecular weight excluding hydrogens is 260 g/mol. The average molecular weight is 276 g/mol. The van der Waals surface area contributed by atoms with Crippen LogP contribution in [0.15, 0.2) is 72.8 Å². The number of aromatic nitrogens is 1. The predicted octanol–water partition coefficient (Wildman–Crippen LogP) is 3.78. The molecular formula is C17H16N4. The molecule has 21 heavy (non-hydrogen) atoms.